The summed E-state index contributed by atoms with van der Waals surface area (Å²) < 4.78 is 7.33. The van der Waals surface area contributed by atoms with Crippen LogP contribution in [0.3, 0.4) is 0 Å². The third-order valence-electron chi connectivity index (χ3n) is 4.82. The van der Waals surface area contributed by atoms with Gasteiger partial charge in [0.2, 0.25) is 0 Å². The molecular formula is C21H19N5O. The van der Waals surface area contributed by atoms with E-state index in [-0.39, 0.29) is 0 Å². The maximum absolute atomic E-state index is 5.40. The number of nitrogens with zero attached hydrogens (tertiary/aromatic N) is 5. The lowest BCUT2D eigenvalue weighted by Gasteiger charge is -2.27. The minimum atomic E-state index is 0.663. The van der Waals surface area contributed by atoms with Crippen molar-refractivity contribution in [1.29, 1.82) is 0 Å². The van der Waals surface area contributed by atoms with Gasteiger partial charge in [0.15, 0.2) is 11.6 Å². The molecule has 6 nitrogen and oxygen atoms in total. The molecule has 27 heavy (non-hydrogen) atoms. The standard InChI is InChI=1S/C21H19N5O/c1-2-5-18(6-3-1)26-14-16(11-23-26)13-25-9-8-19-17(15-25)12-22-21(24-19)20-7-4-10-27-20/h1-7,10-12,14H,8-9,13,15H2. The number of benzene rings is 1. The Labute approximate surface area is 157 Å². The molecule has 5 rings (SSSR count). The molecule has 0 spiro atoms. The molecule has 1 aromatic carbocycles. The molecule has 134 valence electrons. The maximum atomic E-state index is 5.40. The van der Waals surface area contributed by atoms with Gasteiger partial charge < -0.3 is 4.42 Å². The quantitative estimate of drug-likeness (QED) is 0.560. The predicted molar refractivity (Wildman–Crippen MR) is 101 cm³/mol. The Morgan fingerprint density at radius 3 is 2.81 bits per heavy atom. The van der Waals surface area contributed by atoms with Crippen LogP contribution in [-0.2, 0) is 19.5 Å². The molecule has 0 saturated heterocycles. The molecule has 0 aliphatic carbocycles. The highest BCUT2D eigenvalue weighted by Crippen LogP contribution is 2.22. The molecule has 4 heterocycles. The van der Waals surface area contributed by atoms with Crippen LogP contribution in [0.1, 0.15) is 16.8 Å². The van der Waals surface area contributed by atoms with Crippen molar-refractivity contribution in [3.63, 3.8) is 0 Å². The number of hydrogen-bond acceptors (Lipinski definition) is 5. The average Bonchev–Trinajstić information content (AvgIpc) is 3.41. The van der Waals surface area contributed by atoms with Crippen LogP contribution in [-0.4, -0.2) is 31.2 Å². The molecule has 0 bridgehead atoms. The summed E-state index contributed by atoms with van der Waals surface area (Å²) >= 11 is 0. The second-order valence-electron chi connectivity index (χ2n) is 6.73. The van der Waals surface area contributed by atoms with Crippen LogP contribution in [0.15, 0.2) is 71.7 Å². The van der Waals surface area contributed by atoms with Crippen molar-refractivity contribution in [2.75, 3.05) is 6.54 Å². The Bertz CT molecular complexity index is 1040. The van der Waals surface area contributed by atoms with Crippen molar-refractivity contribution >= 4 is 0 Å². The van der Waals surface area contributed by atoms with Gasteiger partial charge in [0.1, 0.15) is 0 Å². The zero-order chi connectivity index (χ0) is 18.1. The van der Waals surface area contributed by atoms with E-state index in [1.165, 1.54) is 11.1 Å². The topological polar surface area (TPSA) is 60.0 Å². The van der Waals surface area contributed by atoms with E-state index in [1.807, 2.05) is 47.4 Å². The number of rotatable bonds is 4. The summed E-state index contributed by atoms with van der Waals surface area (Å²) in [5.41, 5.74) is 4.58. The van der Waals surface area contributed by atoms with Gasteiger partial charge in [-0.3, -0.25) is 4.90 Å². The van der Waals surface area contributed by atoms with Crippen LogP contribution in [0.25, 0.3) is 17.3 Å². The van der Waals surface area contributed by atoms with Gasteiger partial charge in [-0.1, -0.05) is 18.2 Å². The summed E-state index contributed by atoms with van der Waals surface area (Å²) in [5, 5.41) is 4.49. The summed E-state index contributed by atoms with van der Waals surface area (Å²) in [7, 11) is 0. The molecule has 0 saturated carbocycles. The Hall–Kier alpha value is -3.25. The normalized spacial score (nSPS) is 14.2. The lowest BCUT2D eigenvalue weighted by Crippen LogP contribution is -2.30. The largest absolute Gasteiger partial charge is 0.461 e. The highest BCUT2D eigenvalue weighted by atomic mass is 16.3. The zero-order valence-corrected chi connectivity index (χ0v) is 14.8. The zero-order valence-electron chi connectivity index (χ0n) is 14.8. The fraction of sp³-hybridized carbons (Fsp3) is 0.190. The highest BCUT2D eigenvalue weighted by Gasteiger charge is 2.20. The maximum Gasteiger partial charge on any atom is 0.195 e. The van der Waals surface area contributed by atoms with E-state index in [0.29, 0.717) is 11.6 Å². The van der Waals surface area contributed by atoms with Gasteiger partial charge in [-0.2, -0.15) is 5.10 Å². The Kier molecular flexibility index (Phi) is 4.03. The molecule has 1 aliphatic heterocycles. The fourth-order valence-electron chi connectivity index (χ4n) is 3.46. The molecule has 0 radical (unpaired) electrons. The smallest absolute Gasteiger partial charge is 0.195 e. The van der Waals surface area contributed by atoms with Gasteiger partial charge in [-0.15, -0.1) is 0 Å². The lowest BCUT2D eigenvalue weighted by atomic mass is 10.1. The lowest BCUT2D eigenvalue weighted by molar-refractivity contribution is 0.243. The molecule has 4 aromatic rings. The molecule has 3 aromatic heterocycles. The van der Waals surface area contributed by atoms with Gasteiger partial charge in [-0.25, -0.2) is 14.6 Å². The molecule has 6 heteroatoms. The second kappa shape index (κ2) is 6.81. The molecule has 0 N–H and O–H groups in total. The van der Waals surface area contributed by atoms with Crippen molar-refractivity contribution in [1.82, 2.24) is 24.6 Å². The number of aromatic nitrogens is 4. The summed E-state index contributed by atoms with van der Waals surface area (Å²) in [6.45, 7) is 2.69. The fourth-order valence-corrected chi connectivity index (χ4v) is 3.46. The van der Waals surface area contributed by atoms with E-state index >= 15 is 0 Å². The van der Waals surface area contributed by atoms with E-state index in [1.54, 1.807) is 6.26 Å². The van der Waals surface area contributed by atoms with Crippen LogP contribution in [0, 0.1) is 0 Å². The first-order valence-corrected chi connectivity index (χ1v) is 9.05. The predicted octanol–water partition coefficient (Wildman–Crippen LogP) is 3.48. The summed E-state index contributed by atoms with van der Waals surface area (Å²) in [5.74, 6) is 1.38. The summed E-state index contributed by atoms with van der Waals surface area (Å²) in [6, 6.07) is 13.9. The Morgan fingerprint density at radius 2 is 1.96 bits per heavy atom. The third kappa shape index (κ3) is 3.27. The molecule has 0 unspecified atom stereocenters. The van der Waals surface area contributed by atoms with E-state index in [2.05, 4.69) is 33.3 Å². The highest BCUT2D eigenvalue weighted by molar-refractivity contribution is 5.47. The number of furan rings is 1. The second-order valence-corrected chi connectivity index (χ2v) is 6.73. The minimum Gasteiger partial charge on any atom is -0.461 e. The number of hydrogen-bond donors (Lipinski definition) is 0. The number of para-hydroxylation sites is 1. The van der Waals surface area contributed by atoms with Crippen LogP contribution in [0.4, 0.5) is 0 Å². The van der Waals surface area contributed by atoms with Gasteiger partial charge in [0, 0.05) is 49.6 Å². The summed E-state index contributed by atoms with van der Waals surface area (Å²) in [4.78, 5) is 11.6. The first-order valence-electron chi connectivity index (χ1n) is 9.05. The van der Waals surface area contributed by atoms with Crippen LogP contribution >= 0.6 is 0 Å². The van der Waals surface area contributed by atoms with E-state index in [0.717, 1.165) is 37.4 Å². The van der Waals surface area contributed by atoms with Gasteiger partial charge >= 0.3 is 0 Å². The van der Waals surface area contributed by atoms with Gasteiger partial charge in [-0.05, 0) is 24.3 Å². The van der Waals surface area contributed by atoms with Crippen molar-refractivity contribution < 1.29 is 4.42 Å². The number of fused-ring (bicyclic) bond motifs is 1. The van der Waals surface area contributed by atoms with Crippen molar-refractivity contribution in [3.05, 3.63) is 84.1 Å². The van der Waals surface area contributed by atoms with Crippen molar-refractivity contribution in [2.45, 2.75) is 19.5 Å². The Balaban J connectivity index is 1.30. The van der Waals surface area contributed by atoms with E-state index < -0.39 is 0 Å². The third-order valence-corrected chi connectivity index (χ3v) is 4.82. The average molecular weight is 357 g/mol. The Morgan fingerprint density at radius 1 is 1.04 bits per heavy atom. The van der Waals surface area contributed by atoms with E-state index in [9.17, 15) is 0 Å². The van der Waals surface area contributed by atoms with E-state index in [4.69, 9.17) is 9.40 Å². The first-order chi connectivity index (χ1) is 13.3. The summed E-state index contributed by atoms with van der Waals surface area (Å²) in [6.07, 6.45) is 8.54. The van der Waals surface area contributed by atoms with Crippen LogP contribution in [0.2, 0.25) is 0 Å². The first kappa shape index (κ1) is 16.0. The van der Waals surface area contributed by atoms with Crippen LogP contribution in [0.5, 0.6) is 0 Å². The SMILES string of the molecule is c1ccc(-n2cc(CN3CCc4nc(-c5ccco5)ncc4C3)cn2)cc1. The molecule has 1 aliphatic rings. The molecule has 0 amide bonds. The minimum absolute atomic E-state index is 0.663. The van der Waals surface area contributed by atoms with Crippen molar-refractivity contribution in [3.8, 4) is 17.3 Å². The molecular weight excluding hydrogens is 338 g/mol. The molecule has 0 atom stereocenters. The monoisotopic (exact) mass is 357 g/mol. The molecule has 0 fully saturated rings. The van der Waals surface area contributed by atoms with Gasteiger partial charge in [0.25, 0.3) is 0 Å². The van der Waals surface area contributed by atoms with Gasteiger partial charge in [0.05, 0.1) is 23.8 Å². The van der Waals surface area contributed by atoms with Crippen molar-refractivity contribution in [2.24, 2.45) is 0 Å². The van der Waals surface area contributed by atoms with Crippen LogP contribution < -0.4 is 0 Å².